The minimum absolute atomic E-state index is 0.143. The number of benzene rings is 2. The molecule has 32 heavy (non-hydrogen) atoms. The maximum Gasteiger partial charge on any atom is 0.271 e. The van der Waals surface area contributed by atoms with Crippen molar-refractivity contribution in [2.45, 2.75) is 17.2 Å². The molecule has 1 aliphatic heterocycles. The van der Waals surface area contributed by atoms with Gasteiger partial charge in [-0.1, -0.05) is 18.2 Å². The fourth-order valence-corrected chi connectivity index (χ4v) is 5.74. The SMILES string of the molecule is CCN1C[C@H](CN(C)C(=O)c2ccc(NS(=O)(=O)c3cccs3)cc2)Oc2ccccc21. The van der Waals surface area contributed by atoms with Crippen LogP contribution in [0.4, 0.5) is 11.4 Å². The topological polar surface area (TPSA) is 79.0 Å². The van der Waals surface area contributed by atoms with Gasteiger partial charge in [-0.2, -0.15) is 0 Å². The summed E-state index contributed by atoms with van der Waals surface area (Å²) in [6.07, 6.45) is -0.143. The molecule has 1 aromatic heterocycles. The van der Waals surface area contributed by atoms with Gasteiger partial charge in [0.05, 0.1) is 18.8 Å². The zero-order valence-electron chi connectivity index (χ0n) is 17.9. The van der Waals surface area contributed by atoms with E-state index in [-0.39, 0.29) is 16.2 Å². The molecule has 0 spiro atoms. The molecule has 168 valence electrons. The molecule has 0 saturated heterocycles. The zero-order valence-corrected chi connectivity index (χ0v) is 19.5. The van der Waals surface area contributed by atoms with E-state index in [1.165, 1.54) is 0 Å². The van der Waals surface area contributed by atoms with Crippen molar-refractivity contribution < 1.29 is 17.9 Å². The average Bonchev–Trinajstić information content (AvgIpc) is 3.34. The van der Waals surface area contributed by atoms with Gasteiger partial charge in [0, 0.05) is 24.8 Å². The Morgan fingerprint density at radius 3 is 2.59 bits per heavy atom. The van der Waals surface area contributed by atoms with E-state index in [1.54, 1.807) is 53.7 Å². The number of hydrogen-bond acceptors (Lipinski definition) is 6. The number of nitrogens with zero attached hydrogens (tertiary/aromatic N) is 2. The third kappa shape index (κ3) is 4.73. The highest BCUT2D eigenvalue weighted by molar-refractivity contribution is 7.94. The molecule has 1 N–H and O–H groups in total. The molecule has 9 heteroatoms. The van der Waals surface area contributed by atoms with Crippen LogP contribution >= 0.6 is 11.3 Å². The van der Waals surface area contributed by atoms with E-state index in [9.17, 15) is 13.2 Å². The number of carbonyl (C=O) groups is 1. The number of rotatable bonds is 7. The molecule has 1 atom stereocenters. The summed E-state index contributed by atoms with van der Waals surface area (Å²) in [7, 11) is -1.87. The van der Waals surface area contributed by atoms with Gasteiger partial charge in [0.1, 0.15) is 16.1 Å². The first-order valence-corrected chi connectivity index (χ1v) is 12.7. The van der Waals surface area contributed by atoms with Gasteiger partial charge in [-0.3, -0.25) is 9.52 Å². The summed E-state index contributed by atoms with van der Waals surface area (Å²) in [6.45, 7) is 4.10. The summed E-state index contributed by atoms with van der Waals surface area (Å²) in [5.74, 6) is 0.678. The number of para-hydroxylation sites is 2. The normalized spacial score (nSPS) is 15.6. The predicted molar refractivity (Wildman–Crippen MR) is 127 cm³/mol. The van der Waals surface area contributed by atoms with Crippen molar-refractivity contribution in [1.29, 1.82) is 0 Å². The highest BCUT2D eigenvalue weighted by Crippen LogP contribution is 2.33. The Morgan fingerprint density at radius 2 is 1.91 bits per heavy atom. The summed E-state index contributed by atoms with van der Waals surface area (Å²) < 4.78 is 33.6. The third-order valence-electron chi connectivity index (χ3n) is 5.27. The van der Waals surface area contributed by atoms with Gasteiger partial charge < -0.3 is 14.5 Å². The summed E-state index contributed by atoms with van der Waals surface area (Å²) in [4.78, 5) is 16.8. The molecule has 0 bridgehead atoms. The van der Waals surface area contributed by atoms with Crippen molar-refractivity contribution in [2.24, 2.45) is 0 Å². The Morgan fingerprint density at radius 1 is 1.16 bits per heavy atom. The van der Waals surface area contributed by atoms with Crippen molar-refractivity contribution in [2.75, 3.05) is 36.3 Å². The second-order valence-corrected chi connectivity index (χ2v) is 10.4. The van der Waals surface area contributed by atoms with Crippen LogP contribution in [0.1, 0.15) is 17.3 Å². The number of anilines is 2. The van der Waals surface area contributed by atoms with Crippen molar-refractivity contribution in [3.05, 3.63) is 71.6 Å². The zero-order chi connectivity index (χ0) is 22.7. The lowest BCUT2D eigenvalue weighted by Crippen LogP contribution is -2.46. The molecule has 7 nitrogen and oxygen atoms in total. The van der Waals surface area contributed by atoms with Crippen LogP contribution in [0, 0.1) is 0 Å². The number of fused-ring (bicyclic) bond motifs is 1. The molecule has 4 rings (SSSR count). The van der Waals surface area contributed by atoms with Crippen LogP contribution in [0.5, 0.6) is 5.75 Å². The molecule has 0 fully saturated rings. The fraction of sp³-hybridized carbons (Fsp3) is 0.261. The van der Waals surface area contributed by atoms with Crippen LogP contribution in [-0.2, 0) is 10.0 Å². The molecule has 1 amide bonds. The number of ether oxygens (including phenoxy) is 1. The van der Waals surface area contributed by atoms with Gasteiger partial charge in [0.2, 0.25) is 0 Å². The van der Waals surface area contributed by atoms with E-state index in [0.29, 0.717) is 24.3 Å². The Hall–Kier alpha value is -3.04. The minimum atomic E-state index is -3.62. The molecular formula is C23H25N3O4S2. The Kier molecular flexibility index (Phi) is 6.38. The lowest BCUT2D eigenvalue weighted by molar-refractivity contribution is 0.0709. The van der Waals surface area contributed by atoms with E-state index < -0.39 is 10.0 Å². The summed E-state index contributed by atoms with van der Waals surface area (Å²) in [6, 6.07) is 17.6. The second kappa shape index (κ2) is 9.22. The van der Waals surface area contributed by atoms with Crippen molar-refractivity contribution in [3.8, 4) is 5.75 Å². The fourth-order valence-electron chi connectivity index (χ4n) is 3.68. The van der Waals surface area contributed by atoms with Crippen LogP contribution in [0.15, 0.2) is 70.3 Å². The van der Waals surface area contributed by atoms with Gasteiger partial charge in [-0.05, 0) is 54.8 Å². The van der Waals surface area contributed by atoms with Crippen LogP contribution in [0.3, 0.4) is 0 Å². The standard InChI is InChI=1S/C23H25N3O4S2/c1-3-26-16-19(30-21-8-5-4-7-20(21)26)15-25(2)23(27)17-10-12-18(13-11-17)24-32(28,29)22-9-6-14-31-22/h4-14,19,24H,3,15-16H2,1-2H3/t19-/m0/s1. The first-order valence-electron chi connectivity index (χ1n) is 10.3. The highest BCUT2D eigenvalue weighted by Gasteiger charge is 2.27. The van der Waals surface area contributed by atoms with Crippen LogP contribution < -0.4 is 14.4 Å². The Labute approximate surface area is 192 Å². The third-order valence-corrected chi connectivity index (χ3v) is 8.05. The number of carbonyl (C=O) groups excluding carboxylic acids is 1. The molecule has 1 aliphatic rings. The van der Waals surface area contributed by atoms with E-state index in [2.05, 4.69) is 16.5 Å². The maximum atomic E-state index is 12.9. The smallest absolute Gasteiger partial charge is 0.271 e. The van der Waals surface area contributed by atoms with Crippen LogP contribution in [0.2, 0.25) is 0 Å². The summed E-state index contributed by atoms with van der Waals surface area (Å²) in [5, 5.41) is 1.71. The number of nitrogens with one attached hydrogen (secondary N) is 1. The highest BCUT2D eigenvalue weighted by atomic mass is 32.2. The van der Waals surface area contributed by atoms with E-state index in [0.717, 1.165) is 29.3 Å². The number of amides is 1. The van der Waals surface area contributed by atoms with Gasteiger partial charge in [0.25, 0.3) is 15.9 Å². The van der Waals surface area contributed by atoms with Crippen molar-refractivity contribution in [3.63, 3.8) is 0 Å². The lowest BCUT2D eigenvalue weighted by Gasteiger charge is -2.37. The molecule has 2 aromatic carbocycles. The van der Waals surface area contributed by atoms with Crippen LogP contribution in [0.25, 0.3) is 0 Å². The molecule has 0 aliphatic carbocycles. The van der Waals surface area contributed by atoms with Gasteiger partial charge in [-0.15, -0.1) is 11.3 Å². The van der Waals surface area contributed by atoms with E-state index in [1.807, 2.05) is 24.3 Å². The van der Waals surface area contributed by atoms with Crippen LogP contribution in [-0.4, -0.2) is 52.0 Å². The largest absolute Gasteiger partial charge is 0.485 e. The monoisotopic (exact) mass is 471 g/mol. The Bertz CT molecular complexity index is 1180. The van der Waals surface area contributed by atoms with Gasteiger partial charge in [-0.25, -0.2) is 8.42 Å². The van der Waals surface area contributed by atoms with E-state index >= 15 is 0 Å². The van der Waals surface area contributed by atoms with Gasteiger partial charge in [0.15, 0.2) is 0 Å². The molecule has 3 aromatic rings. The van der Waals surface area contributed by atoms with Gasteiger partial charge >= 0.3 is 0 Å². The molecule has 0 radical (unpaired) electrons. The van der Waals surface area contributed by atoms with Crippen molar-refractivity contribution in [1.82, 2.24) is 4.90 Å². The van der Waals surface area contributed by atoms with Crippen molar-refractivity contribution >= 4 is 38.6 Å². The first kappa shape index (κ1) is 22.2. The number of hydrogen-bond donors (Lipinski definition) is 1. The lowest BCUT2D eigenvalue weighted by atomic mass is 10.1. The summed E-state index contributed by atoms with van der Waals surface area (Å²) in [5.41, 5.74) is 1.96. The second-order valence-electron chi connectivity index (χ2n) is 7.55. The number of thiophene rings is 1. The average molecular weight is 472 g/mol. The number of sulfonamides is 1. The minimum Gasteiger partial charge on any atom is -0.485 e. The molecule has 0 unspecified atom stereocenters. The maximum absolute atomic E-state index is 12.9. The molecular weight excluding hydrogens is 446 g/mol. The predicted octanol–water partition coefficient (Wildman–Crippen LogP) is 3.91. The molecule has 2 heterocycles. The molecule has 0 saturated carbocycles. The number of likely N-dealkylation sites (N-methyl/N-ethyl adjacent to an activating group) is 2. The quantitative estimate of drug-likeness (QED) is 0.565. The summed E-state index contributed by atoms with van der Waals surface area (Å²) >= 11 is 1.15. The first-order chi connectivity index (χ1) is 15.4. The van der Waals surface area contributed by atoms with E-state index in [4.69, 9.17) is 4.74 Å². The Balaban J connectivity index is 1.40.